The van der Waals surface area contributed by atoms with Crippen LogP contribution in [-0.2, 0) is 0 Å². The normalized spacial score (nSPS) is 12.0. The van der Waals surface area contributed by atoms with E-state index in [-0.39, 0.29) is 5.25 Å². The Labute approximate surface area is 160 Å². The molecule has 4 nitrogen and oxygen atoms in total. The number of hydrogen-bond donors (Lipinski definition) is 0. The second kappa shape index (κ2) is 7.42. The number of aryl methyl sites for hydroxylation is 2. The summed E-state index contributed by atoms with van der Waals surface area (Å²) in [5.74, 6) is 0.769. The lowest BCUT2D eigenvalue weighted by Crippen LogP contribution is -2.02. The van der Waals surface area contributed by atoms with Crippen molar-refractivity contribution in [2.75, 3.05) is 0 Å². The van der Waals surface area contributed by atoms with Crippen LogP contribution in [0.3, 0.4) is 0 Å². The molecule has 2 aromatic carbocycles. The van der Waals surface area contributed by atoms with Gasteiger partial charge >= 0.3 is 0 Å². The van der Waals surface area contributed by atoms with Crippen LogP contribution in [0, 0.1) is 25.2 Å². The first-order valence-corrected chi connectivity index (χ1v) is 9.51. The summed E-state index contributed by atoms with van der Waals surface area (Å²) in [5, 5.41) is 18.4. The molecule has 0 amide bonds. The maximum Gasteiger partial charge on any atom is 0.197 e. The first-order chi connectivity index (χ1) is 12.0. The summed E-state index contributed by atoms with van der Waals surface area (Å²) in [6.45, 7) is 6.01. The SMILES string of the molecule is Cc1cc(C)cc(-n2c(S[C@@H](C)C#N)nnc2-c2ccc(Br)cc2)c1. The van der Waals surface area contributed by atoms with Gasteiger partial charge in [0, 0.05) is 10.0 Å². The molecule has 0 aliphatic rings. The number of benzene rings is 2. The molecule has 1 atom stereocenters. The molecular weight excluding hydrogens is 396 g/mol. The minimum Gasteiger partial charge on any atom is -0.270 e. The molecule has 0 saturated heterocycles. The van der Waals surface area contributed by atoms with E-state index < -0.39 is 0 Å². The van der Waals surface area contributed by atoms with E-state index in [0.717, 1.165) is 26.7 Å². The minimum absolute atomic E-state index is 0.202. The molecule has 3 aromatic rings. The second-order valence-corrected chi connectivity index (χ2v) is 8.11. The van der Waals surface area contributed by atoms with Crippen molar-refractivity contribution in [1.82, 2.24) is 14.8 Å². The van der Waals surface area contributed by atoms with Crippen molar-refractivity contribution in [2.45, 2.75) is 31.2 Å². The Morgan fingerprint density at radius 2 is 1.72 bits per heavy atom. The summed E-state index contributed by atoms with van der Waals surface area (Å²) in [6.07, 6.45) is 0. The van der Waals surface area contributed by atoms with Crippen LogP contribution >= 0.6 is 27.7 Å². The largest absolute Gasteiger partial charge is 0.270 e. The predicted octanol–water partition coefficient (Wildman–Crippen LogP) is 5.32. The maximum absolute atomic E-state index is 9.17. The van der Waals surface area contributed by atoms with Gasteiger partial charge in [-0.2, -0.15) is 5.26 Å². The van der Waals surface area contributed by atoms with Gasteiger partial charge in [0.15, 0.2) is 11.0 Å². The monoisotopic (exact) mass is 412 g/mol. The van der Waals surface area contributed by atoms with Crippen LogP contribution < -0.4 is 0 Å². The first kappa shape index (κ1) is 17.7. The van der Waals surface area contributed by atoms with Gasteiger partial charge in [0.05, 0.1) is 17.0 Å². The molecule has 6 heteroatoms. The molecule has 0 aliphatic heterocycles. The van der Waals surface area contributed by atoms with Gasteiger partial charge in [0.2, 0.25) is 0 Å². The van der Waals surface area contributed by atoms with Gasteiger partial charge in [0.25, 0.3) is 0 Å². The van der Waals surface area contributed by atoms with Gasteiger partial charge in [0.1, 0.15) is 0 Å². The topological polar surface area (TPSA) is 54.5 Å². The molecule has 0 bridgehead atoms. The Kier molecular flexibility index (Phi) is 5.26. The zero-order valence-corrected chi connectivity index (χ0v) is 16.6. The zero-order chi connectivity index (χ0) is 18.0. The quantitative estimate of drug-likeness (QED) is 0.544. The molecule has 1 heterocycles. The van der Waals surface area contributed by atoms with Crippen LogP contribution in [0.15, 0.2) is 52.1 Å². The fraction of sp³-hybridized carbons (Fsp3) is 0.211. The van der Waals surface area contributed by atoms with Gasteiger partial charge < -0.3 is 0 Å². The Hall–Kier alpha value is -2.10. The van der Waals surface area contributed by atoms with Gasteiger partial charge in [-0.15, -0.1) is 10.2 Å². The molecule has 25 heavy (non-hydrogen) atoms. The molecule has 1 aromatic heterocycles. The Morgan fingerprint density at radius 3 is 2.32 bits per heavy atom. The van der Waals surface area contributed by atoms with E-state index in [9.17, 15) is 0 Å². The number of nitriles is 1. The van der Waals surface area contributed by atoms with E-state index in [1.807, 2.05) is 35.8 Å². The van der Waals surface area contributed by atoms with E-state index >= 15 is 0 Å². The molecule has 0 unspecified atom stereocenters. The average Bonchev–Trinajstić information content (AvgIpc) is 2.98. The highest BCUT2D eigenvalue weighted by molar-refractivity contribution is 9.10. The number of aromatic nitrogens is 3. The van der Waals surface area contributed by atoms with E-state index in [2.05, 4.69) is 64.2 Å². The molecule has 0 spiro atoms. The smallest absolute Gasteiger partial charge is 0.197 e. The third-order valence-corrected chi connectivity index (χ3v) is 5.13. The molecule has 3 rings (SSSR count). The van der Waals surface area contributed by atoms with E-state index in [0.29, 0.717) is 0 Å². The minimum atomic E-state index is -0.202. The van der Waals surface area contributed by atoms with Crippen LogP contribution in [0.5, 0.6) is 0 Å². The summed E-state index contributed by atoms with van der Waals surface area (Å²) < 4.78 is 3.04. The molecule has 0 saturated carbocycles. The van der Waals surface area contributed by atoms with Crippen molar-refractivity contribution in [3.05, 3.63) is 58.1 Å². The molecule has 126 valence electrons. The summed E-state index contributed by atoms with van der Waals surface area (Å²) in [4.78, 5) is 0. The number of nitrogens with zero attached hydrogens (tertiary/aromatic N) is 4. The van der Waals surface area contributed by atoms with Crippen LogP contribution in [0.1, 0.15) is 18.1 Å². The van der Waals surface area contributed by atoms with E-state index in [1.165, 1.54) is 22.9 Å². The fourth-order valence-electron chi connectivity index (χ4n) is 2.63. The molecular formula is C19H17BrN4S. The third kappa shape index (κ3) is 3.94. The average molecular weight is 413 g/mol. The predicted molar refractivity (Wildman–Crippen MR) is 105 cm³/mol. The summed E-state index contributed by atoms with van der Waals surface area (Å²) in [6, 6.07) is 16.6. The standard InChI is InChI=1S/C19H17BrN4S/c1-12-8-13(2)10-17(9-12)24-18(15-4-6-16(20)7-5-15)22-23-19(24)25-14(3)11-21/h4-10,14H,1-3H3/t14-/m0/s1. The van der Waals surface area contributed by atoms with Crippen LogP contribution in [0.2, 0.25) is 0 Å². The molecule has 0 radical (unpaired) electrons. The summed E-state index contributed by atoms with van der Waals surface area (Å²) in [7, 11) is 0. The van der Waals surface area contributed by atoms with Gasteiger partial charge in [-0.25, -0.2) is 0 Å². The molecule has 0 N–H and O–H groups in total. The highest BCUT2D eigenvalue weighted by Crippen LogP contribution is 2.31. The summed E-state index contributed by atoms with van der Waals surface area (Å²) >= 11 is 4.88. The van der Waals surface area contributed by atoms with Crippen molar-refractivity contribution in [3.8, 4) is 23.1 Å². The van der Waals surface area contributed by atoms with E-state index in [1.54, 1.807) is 0 Å². The van der Waals surface area contributed by atoms with Crippen LogP contribution in [-0.4, -0.2) is 20.0 Å². The lowest BCUT2D eigenvalue weighted by Gasteiger charge is -2.12. The Bertz CT molecular complexity index is 921. The third-order valence-electron chi connectivity index (χ3n) is 3.66. The van der Waals surface area contributed by atoms with Gasteiger partial charge in [-0.3, -0.25) is 4.57 Å². The Balaban J connectivity index is 2.19. The van der Waals surface area contributed by atoms with Crippen molar-refractivity contribution in [2.24, 2.45) is 0 Å². The number of rotatable bonds is 4. The van der Waals surface area contributed by atoms with Crippen molar-refractivity contribution in [1.29, 1.82) is 5.26 Å². The first-order valence-electron chi connectivity index (χ1n) is 7.84. The number of hydrogen-bond acceptors (Lipinski definition) is 4. The fourth-order valence-corrected chi connectivity index (χ4v) is 3.65. The van der Waals surface area contributed by atoms with Gasteiger partial charge in [-0.1, -0.05) is 45.9 Å². The second-order valence-electron chi connectivity index (χ2n) is 5.88. The number of halogens is 1. The lowest BCUT2D eigenvalue weighted by atomic mass is 10.1. The Morgan fingerprint density at radius 1 is 1.08 bits per heavy atom. The van der Waals surface area contributed by atoms with Crippen molar-refractivity contribution >= 4 is 27.7 Å². The molecule has 0 aliphatic carbocycles. The van der Waals surface area contributed by atoms with Crippen LogP contribution in [0.25, 0.3) is 17.1 Å². The molecule has 0 fully saturated rings. The van der Waals surface area contributed by atoms with Crippen molar-refractivity contribution in [3.63, 3.8) is 0 Å². The lowest BCUT2D eigenvalue weighted by molar-refractivity contribution is 0.881. The van der Waals surface area contributed by atoms with Crippen molar-refractivity contribution < 1.29 is 0 Å². The summed E-state index contributed by atoms with van der Waals surface area (Å²) in [5.41, 5.74) is 4.34. The zero-order valence-electron chi connectivity index (χ0n) is 14.2. The highest BCUT2D eigenvalue weighted by Gasteiger charge is 2.18. The van der Waals surface area contributed by atoms with Gasteiger partial charge in [-0.05, 0) is 56.2 Å². The maximum atomic E-state index is 9.17. The van der Waals surface area contributed by atoms with Crippen LogP contribution in [0.4, 0.5) is 0 Å². The van der Waals surface area contributed by atoms with E-state index in [4.69, 9.17) is 5.26 Å². The highest BCUT2D eigenvalue weighted by atomic mass is 79.9. The number of thioether (sulfide) groups is 1.